The highest BCUT2D eigenvalue weighted by atomic mass is 79.9. The quantitative estimate of drug-likeness (QED) is 0.567. The van der Waals surface area contributed by atoms with E-state index in [1.807, 2.05) is 18.2 Å². The molecule has 0 saturated carbocycles. The molecule has 0 heterocycles. The van der Waals surface area contributed by atoms with E-state index in [1.54, 1.807) is 0 Å². The summed E-state index contributed by atoms with van der Waals surface area (Å²) in [6.45, 7) is 0. The van der Waals surface area contributed by atoms with Gasteiger partial charge in [0.15, 0.2) is 0 Å². The second-order valence-corrected chi connectivity index (χ2v) is 7.72. The van der Waals surface area contributed by atoms with Crippen LogP contribution < -0.4 is 0 Å². The van der Waals surface area contributed by atoms with Crippen molar-refractivity contribution in [3.05, 3.63) is 35.9 Å². The fourth-order valence-electron chi connectivity index (χ4n) is 1.69. The number of rotatable bonds is 7. The van der Waals surface area contributed by atoms with Gasteiger partial charge in [0.05, 0.1) is 0 Å². The Balaban J connectivity index is 2.19. The Hall–Kier alpha value is -0.350. The van der Waals surface area contributed by atoms with Crippen molar-refractivity contribution >= 4 is 25.8 Å². The van der Waals surface area contributed by atoms with E-state index in [4.69, 9.17) is 0 Å². The molecule has 0 amide bonds. The standard InChI is InChI=1S/C13H19BrO2S/c1-17(15,16)11-7-3-6-10-13(14)12-8-4-2-5-9-12/h2,4-5,8-9,13H,3,6-7,10-11H2,1H3. The third-order valence-corrected chi connectivity index (χ3v) is 4.65. The normalized spacial score (nSPS) is 13.5. The van der Waals surface area contributed by atoms with Crippen LogP contribution in [0.2, 0.25) is 0 Å². The lowest BCUT2D eigenvalue weighted by molar-refractivity contribution is 0.593. The molecule has 0 saturated heterocycles. The van der Waals surface area contributed by atoms with E-state index in [0.29, 0.717) is 10.6 Å². The third kappa shape index (κ3) is 6.84. The Morgan fingerprint density at radius 2 is 1.76 bits per heavy atom. The molecule has 0 fully saturated rings. The Labute approximate surface area is 112 Å². The number of hydrogen-bond acceptors (Lipinski definition) is 2. The van der Waals surface area contributed by atoms with Crippen molar-refractivity contribution in [2.75, 3.05) is 12.0 Å². The summed E-state index contributed by atoms with van der Waals surface area (Å²) < 4.78 is 21.9. The Morgan fingerprint density at radius 1 is 1.12 bits per heavy atom. The topological polar surface area (TPSA) is 34.1 Å². The first kappa shape index (κ1) is 14.7. The van der Waals surface area contributed by atoms with Gasteiger partial charge in [-0.2, -0.15) is 0 Å². The van der Waals surface area contributed by atoms with Crippen molar-refractivity contribution in [3.63, 3.8) is 0 Å². The van der Waals surface area contributed by atoms with Gasteiger partial charge in [-0.15, -0.1) is 0 Å². The SMILES string of the molecule is CS(=O)(=O)CCCCCC(Br)c1ccccc1. The van der Waals surface area contributed by atoms with Crippen LogP contribution in [-0.4, -0.2) is 20.4 Å². The van der Waals surface area contributed by atoms with Crippen LogP contribution in [0.15, 0.2) is 30.3 Å². The molecule has 1 atom stereocenters. The molecule has 0 spiro atoms. The van der Waals surface area contributed by atoms with Gasteiger partial charge < -0.3 is 0 Å². The van der Waals surface area contributed by atoms with E-state index >= 15 is 0 Å². The molecule has 4 heteroatoms. The maximum absolute atomic E-state index is 10.9. The van der Waals surface area contributed by atoms with Gasteiger partial charge in [0.25, 0.3) is 0 Å². The van der Waals surface area contributed by atoms with Crippen LogP contribution in [0, 0.1) is 0 Å². The van der Waals surface area contributed by atoms with Gasteiger partial charge in [-0.05, 0) is 18.4 Å². The van der Waals surface area contributed by atoms with E-state index in [1.165, 1.54) is 11.8 Å². The van der Waals surface area contributed by atoms with E-state index < -0.39 is 9.84 Å². The lowest BCUT2D eigenvalue weighted by Gasteiger charge is -2.09. The van der Waals surface area contributed by atoms with Crippen molar-refractivity contribution in [3.8, 4) is 0 Å². The second kappa shape index (κ2) is 7.17. The first-order valence-electron chi connectivity index (χ1n) is 5.86. The van der Waals surface area contributed by atoms with Crippen molar-refractivity contribution in [2.45, 2.75) is 30.5 Å². The van der Waals surface area contributed by atoms with Crippen molar-refractivity contribution in [1.82, 2.24) is 0 Å². The first-order valence-corrected chi connectivity index (χ1v) is 8.83. The zero-order valence-electron chi connectivity index (χ0n) is 10.1. The molecule has 1 unspecified atom stereocenters. The summed E-state index contributed by atoms with van der Waals surface area (Å²) in [4.78, 5) is 0.377. The fraction of sp³-hybridized carbons (Fsp3) is 0.538. The van der Waals surface area contributed by atoms with Crippen LogP contribution in [-0.2, 0) is 9.84 Å². The minimum absolute atomic E-state index is 0.311. The van der Waals surface area contributed by atoms with Crippen LogP contribution in [0.4, 0.5) is 0 Å². The average molecular weight is 319 g/mol. The molecule has 96 valence electrons. The van der Waals surface area contributed by atoms with Crippen molar-refractivity contribution < 1.29 is 8.42 Å². The van der Waals surface area contributed by atoms with Gasteiger partial charge in [-0.1, -0.05) is 59.1 Å². The molecule has 0 aromatic heterocycles. The van der Waals surface area contributed by atoms with Crippen molar-refractivity contribution in [2.24, 2.45) is 0 Å². The lowest BCUT2D eigenvalue weighted by Crippen LogP contribution is -2.02. The first-order chi connectivity index (χ1) is 7.99. The smallest absolute Gasteiger partial charge is 0.147 e. The van der Waals surface area contributed by atoms with E-state index in [9.17, 15) is 8.42 Å². The minimum atomic E-state index is -2.79. The lowest BCUT2D eigenvalue weighted by atomic mass is 10.1. The summed E-state index contributed by atoms with van der Waals surface area (Å²) in [6, 6.07) is 10.3. The summed E-state index contributed by atoms with van der Waals surface area (Å²) in [6.07, 6.45) is 5.15. The van der Waals surface area contributed by atoms with Gasteiger partial charge in [0, 0.05) is 16.8 Å². The summed E-state index contributed by atoms with van der Waals surface area (Å²) >= 11 is 3.66. The molecule has 0 N–H and O–H groups in total. The second-order valence-electron chi connectivity index (χ2n) is 4.36. The van der Waals surface area contributed by atoms with Crippen LogP contribution in [0.25, 0.3) is 0 Å². The van der Waals surface area contributed by atoms with Gasteiger partial charge in [0.2, 0.25) is 0 Å². The molecule has 0 aliphatic carbocycles. The highest BCUT2D eigenvalue weighted by molar-refractivity contribution is 9.09. The molecule has 1 rings (SSSR count). The predicted molar refractivity (Wildman–Crippen MR) is 76.3 cm³/mol. The van der Waals surface area contributed by atoms with E-state index in [-0.39, 0.29) is 0 Å². The molecule has 1 aromatic rings. The highest BCUT2D eigenvalue weighted by Gasteiger charge is 2.07. The predicted octanol–water partition coefficient (Wildman–Crippen LogP) is 3.73. The third-order valence-electron chi connectivity index (χ3n) is 2.63. The fourth-order valence-corrected chi connectivity index (χ4v) is 3.05. The monoisotopic (exact) mass is 318 g/mol. The van der Waals surface area contributed by atoms with Gasteiger partial charge in [0.1, 0.15) is 9.84 Å². The Morgan fingerprint density at radius 3 is 2.35 bits per heavy atom. The molecule has 0 radical (unpaired) electrons. The number of hydrogen-bond donors (Lipinski definition) is 0. The maximum Gasteiger partial charge on any atom is 0.147 e. The zero-order chi connectivity index (χ0) is 12.7. The Kier molecular flexibility index (Phi) is 6.20. The Bertz CT molecular complexity index is 414. The molecule has 0 aliphatic rings. The maximum atomic E-state index is 10.9. The van der Waals surface area contributed by atoms with Gasteiger partial charge in [-0.3, -0.25) is 0 Å². The van der Waals surface area contributed by atoms with Crippen LogP contribution in [0.3, 0.4) is 0 Å². The zero-order valence-corrected chi connectivity index (χ0v) is 12.5. The van der Waals surface area contributed by atoms with Crippen LogP contribution in [0.5, 0.6) is 0 Å². The number of sulfone groups is 1. The van der Waals surface area contributed by atoms with Gasteiger partial charge >= 0.3 is 0 Å². The summed E-state index contributed by atoms with van der Waals surface area (Å²) in [5, 5.41) is 0. The van der Waals surface area contributed by atoms with Crippen molar-refractivity contribution in [1.29, 1.82) is 0 Å². The number of halogens is 1. The van der Waals surface area contributed by atoms with Crippen LogP contribution >= 0.6 is 15.9 Å². The molecule has 1 aromatic carbocycles. The minimum Gasteiger partial charge on any atom is -0.229 e. The number of benzene rings is 1. The molecular weight excluding hydrogens is 300 g/mol. The summed E-state index contributed by atoms with van der Waals surface area (Å²) in [5.41, 5.74) is 1.29. The molecule has 2 nitrogen and oxygen atoms in total. The molecule has 0 bridgehead atoms. The van der Waals surface area contributed by atoms with Crippen LogP contribution in [0.1, 0.15) is 36.1 Å². The molecule has 0 aliphatic heterocycles. The van der Waals surface area contributed by atoms with E-state index in [0.717, 1.165) is 25.7 Å². The summed E-state index contributed by atoms with van der Waals surface area (Å²) in [5.74, 6) is 0.311. The largest absolute Gasteiger partial charge is 0.229 e. The molecular formula is C13H19BrO2S. The number of unbranched alkanes of at least 4 members (excludes halogenated alkanes) is 2. The van der Waals surface area contributed by atoms with Gasteiger partial charge in [-0.25, -0.2) is 8.42 Å². The molecule has 17 heavy (non-hydrogen) atoms. The average Bonchev–Trinajstić information content (AvgIpc) is 2.28. The highest BCUT2D eigenvalue weighted by Crippen LogP contribution is 2.28. The summed E-state index contributed by atoms with van der Waals surface area (Å²) in [7, 11) is -2.79. The van der Waals surface area contributed by atoms with E-state index in [2.05, 4.69) is 28.1 Å². The number of alkyl halides is 1.